The molecule has 0 aliphatic heterocycles. The molecule has 0 aromatic rings. The molecule has 1 nitrogen and oxygen atoms in total. The molecule has 4 atom stereocenters. The molecule has 0 aromatic heterocycles. The quantitative estimate of drug-likeness (QED) is 0.553. The van der Waals surface area contributed by atoms with E-state index in [4.69, 9.17) is 5.73 Å². The maximum absolute atomic E-state index is 5.63. The molecule has 1 heteroatoms. The normalized spacial score (nSPS) is 67.0. The Labute approximate surface area is 55.6 Å². The summed E-state index contributed by atoms with van der Waals surface area (Å²) in [6, 6.07) is 0. The molecule has 0 radical (unpaired) electrons. The standard InChI is InChI=1S/C8H13N/c9-4-5-6-1-2-8(6)3-7(5)8/h5-7H,1-4,9H2. The summed E-state index contributed by atoms with van der Waals surface area (Å²) in [5.41, 5.74) is 6.55. The highest BCUT2D eigenvalue weighted by atomic mass is 14.8. The Balaban J connectivity index is 1.85. The molecule has 0 amide bonds. The lowest BCUT2D eigenvalue weighted by Gasteiger charge is -2.52. The monoisotopic (exact) mass is 123 g/mol. The first-order valence-electron chi connectivity index (χ1n) is 4.08. The molecule has 0 aromatic carbocycles. The third-order valence-corrected chi connectivity index (χ3v) is 4.14. The van der Waals surface area contributed by atoms with Gasteiger partial charge in [0, 0.05) is 0 Å². The fourth-order valence-corrected chi connectivity index (χ4v) is 3.45. The van der Waals surface area contributed by atoms with Crippen molar-refractivity contribution in [3.05, 3.63) is 0 Å². The van der Waals surface area contributed by atoms with Crippen molar-refractivity contribution in [2.45, 2.75) is 19.3 Å². The van der Waals surface area contributed by atoms with Crippen LogP contribution in [0, 0.1) is 23.2 Å². The summed E-state index contributed by atoms with van der Waals surface area (Å²) in [5.74, 6) is 3.15. The van der Waals surface area contributed by atoms with E-state index >= 15 is 0 Å². The molecule has 1 spiro atoms. The predicted molar refractivity (Wildman–Crippen MR) is 35.8 cm³/mol. The zero-order valence-corrected chi connectivity index (χ0v) is 5.64. The van der Waals surface area contributed by atoms with Crippen molar-refractivity contribution in [3.63, 3.8) is 0 Å². The van der Waals surface area contributed by atoms with E-state index in [1.54, 1.807) is 12.8 Å². The summed E-state index contributed by atoms with van der Waals surface area (Å²) < 4.78 is 0. The molecule has 3 saturated carbocycles. The summed E-state index contributed by atoms with van der Waals surface area (Å²) in [7, 11) is 0. The van der Waals surface area contributed by atoms with Crippen LogP contribution in [0.3, 0.4) is 0 Å². The van der Waals surface area contributed by atoms with Crippen LogP contribution in [0.1, 0.15) is 19.3 Å². The van der Waals surface area contributed by atoms with Gasteiger partial charge < -0.3 is 5.73 Å². The number of rotatable bonds is 1. The van der Waals surface area contributed by atoms with Crippen LogP contribution in [0.2, 0.25) is 0 Å². The number of hydrogen-bond donors (Lipinski definition) is 1. The number of nitrogens with two attached hydrogens (primary N) is 1. The molecule has 4 unspecified atom stereocenters. The van der Waals surface area contributed by atoms with Gasteiger partial charge in [0.2, 0.25) is 0 Å². The van der Waals surface area contributed by atoms with Gasteiger partial charge in [0.15, 0.2) is 0 Å². The first-order chi connectivity index (χ1) is 4.38. The Hall–Kier alpha value is -0.0400. The minimum atomic E-state index is 0.921. The van der Waals surface area contributed by atoms with E-state index in [1.807, 2.05) is 0 Å². The average Bonchev–Trinajstić information content (AvgIpc) is 2.54. The summed E-state index contributed by atoms with van der Waals surface area (Å²) in [5, 5.41) is 0. The smallest absolute Gasteiger partial charge is 0.00431 e. The molecule has 3 fully saturated rings. The highest BCUT2D eigenvalue weighted by Gasteiger charge is 2.76. The second-order valence-corrected chi connectivity index (χ2v) is 4.09. The van der Waals surface area contributed by atoms with Crippen molar-refractivity contribution in [2.75, 3.05) is 6.54 Å². The molecule has 50 valence electrons. The van der Waals surface area contributed by atoms with Gasteiger partial charge in [-0.25, -0.2) is 0 Å². The summed E-state index contributed by atoms with van der Waals surface area (Å²) in [6.07, 6.45) is 4.58. The maximum Gasteiger partial charge on any atom is -0.00431 e. The SMILES string of the molecule is NCC1C2CCC23CC13. The van der Waals surface area contributed by atoms with Crippen molar-refractivity contribution < 1.29 is 0 Å². The van der Waals surface area contributed by atoms with E-state index in [0.717, 1.165) is 29.7 Å². The highest BCUT2D eigenvalue weighted by molar-refractivity contribution is 5.25. The summed E-state index contributed by atoms with van der Waals surface area (Å²) in [4.78, 5) is 0. The molecule has 3 aliphatic rings. The lowest BCUT2D eigenvalue weighted by Crippen LogP contribution is -2.49. The van der Waals surface area contributed by atoms with Crippen LogP contribution in [0.25, 0.3) is 0 Å². The van der Waals surface area contributed by atoms with Crippen molar-refractivity contribution in [2.24, 2.45) is 28.9 Å². The Morgan fingerprint density at radius 2 is 2.33 bits per heavy atom. The van der Waals surface area contributed by atoms with Crippen LogP contribution < -0.4 is 5.73 Å². The molecule has 3 rings (SSSR count). The van der Waals surface area contributed by atoms with Crippen molar-refractivity contribution in [1.29, 1.82) is 0 Å². The second-order valence-electron chi connectivity index (χ2n) is 4.09. The molecular weight excluding hydrogens is 110 g/mol. The van der Waals surface area contributed by atoms with Gasteiger partial charge >= 0.3 is 0 Å². The van der Waals surface area contributed by atoms with Crippen molar-refractivity contribution in [1.82, 2.24) is 0 Å². The Kier molecular flexibility index (Phi) is 0.563. The highest BCUT2D eigenvalue weighted by Crippen LogP contribution is 2.82. The Morgan fingerprint density at radius 3 is 2.56 bits per heavy atom. The van der Waals surface area contributed by atoms with Crippen molar-refractivity contribution in [3.8, 4) is 0 Å². The minimum Gasteiger partial charge on any atom is -0.330 e. The van der Waals surface area contributed by atoms with E-state index in [1.165, 1.54) is 6.42 Å². The molecule has 0 saturated heterocycles. The van der Waals surface area contributed by atoms with Gasteiger partial charge in [-0.15, -0.1) is 0 Å². The lowest BCUT2D eigenvalue weighted by molar-refractivity contribution is -0.0348. The van der Waals surface area contributed by atoms with Crippen LogP contribution in [-0.2, 0) is 0 Å². The van der Waals surface area contributed by atoms with Gasteiger partial charge in [-0.1, -0.05) is 0 Å². The largest absolute Gasteiger partial charge is 0.330 e. The van der Waals surface area contributed by atoms with Crippen LogP contribution >= 0.6 is 0 Å². The van der Waals surface area contributed by atoms with Crippen LogP contribution in [0.4, 0.5) is 0 Å². The molecular formula is C8H13N. The van der Waals surface area contributed by atoms with E-state index < -0.39 is 0 Å². The summed E-state index contributed by atoms with van der Waals surface area (Å²) in [6.45, 7) is 0.969. The van der Waals surface area contributed by atoms with E-state index in [0.29, 0.717) is 0 Å². The predicted octanol–water partition coefficient (Wildman–Crippen LogP) is 0.991. The molecule has 2 N–H and O–H groups in total. The number of hydrogen-bond acceptors (Lipinski definition) is 1. The fraction of sp³-hybridized carbons (Fsp3) is 1.00. The van der Waals surface area contributed by atoms with Crippen LogP contribution in [0.5, 0.6) is 0 Å². The first kappa shape index (κ1) is 4.73. The first-order valence-corrected chi connectivity index (χ1v) is 4.08. The van der Waals surface area contributed by atoms with Crippen LogP contribution in [0.15, 0.2) is 0 Å². The van der Waals surface area contributed by atoms with Gasteiger partial charge in [-0.2, -0.15) is 0 Å². The zero-order chi connectivity index (χ0) is 6.06. The van der Waals surface area contributed by atoms with Crippen molar-refractivity contribution >= 4 is 0 Å². The van der Waals surface area contributed by atoms with Gasteiger partial charge in [0.1, 0.15) is 0 Å². The molecule has 0 bridgehead atoms. The third kappa shape index (κ3) is 0.295. The molecule has 0 heterocycles. The second kappa shape index (κ2) is 1.07. The van der Waals surface area contributed by atoms with Gasteiger partial charge in [0.05, 0.1) is 0 Å². The van der Waals surface area contributed by atoms with Crippen LogP contribution in [-0.4, -0.2) is 6.54 Å². The Morgan fingerprint density at radius 1 is 1.44 bits per heavy atom. The maximum atomic E-state index is 5.63. The van der Waals surface area contributed by atoms with Gasteiger partial charge in [0.25, 0.3) is 0 Å². The van der Waals surface area contributed by atoms with Gasteiger partial charge in [-0.05, 0) is 49.0 Å². The topological polar surface area (TPSA) is 26.0 Å². The van der Waals surface area contributed by atoms with E-state index in [2.05, 4.69) is 0 Å². The van der Waals surface area contributed by atoms with Gasteiger partial charge in [-0.3, -0.25) is 0 Å². The van der Waals surface area contributed by atoms with E-state index in [-0.39, 0.29) is 0 Å². The molecule has 9 heavy (non-hydrogen) atoms. The molecule has 3 aliphatic carbocycles. The minimum absolute atomic E-state index is 0.921. The Bertz CT molecular complexity index is 164. The zero-order valence-electron chi connectivity index (χ0n) is 5.64. The summed E-state index contributed by atoms with van der Waals surface area (Å²) >= 11 is 0. The lowest BCUT2D eigenvalue weighted by atomic mass is 9.52. The fourth-order valence-electron chi connectivity index (χ4n) is 3.45. The third-order valence-electron chi connectivity index (χ3n) is 4.14. The average molecular weight is 123 g/mol. The van der Waals surface area contributed by atoms with E-state index in [9.17, 15) is 0 Å².